The first-order valence-corrected chi connectivity index (χ1v) is 7.68. The highest BCUT2D eigenvalue weighted by atomic mass is 79.9. The Labute approximate surface area is 133 Å². The lowest BCUT2D eigenvalue weighted by Crippen LogP contribution is -2.46. The summed E-state index contributed by atoms with van der Waals surface area (Å²) in [6.07, 6.45) is 5.42. The molecule has 0 aliphatic heterocycles. The van der Waals surface area contributed by atoms with Crippen molar-refractivity contribution in [1.82, 2.24) is 14.9 Å². The van der Waals surface area contributed by atoms with Crippen molar-refractivity contribution >= 4 is 21.8 Å². The lowest BCUT2D eigenvalue weighted by molar-refractivity contribution is 0.0892. The molecule has 112 valence electrons. The number of rotatable bonds is 4. The second-order valence-electron chi connectivity index (χ2n) is 6.16. The van der Waals surface area contributed by atoms with Crippen molar-refractivity contribution in [1.29, 1.82) is 0 Å². The van der Waals surface area contributed by atoms with Crippen LogP contribution in [0.15, 0.2) is 47.5 Å². The summed E-state index contributed by atoms with van der Waals surface area (Å²) >= 11 is 3.37. The third-order valence-electron chi connectivity index (χ3n) is 3.41. The van der Waals surface area contributed by atoms with Crippen LogP contribution < -0.4 is 5.32 Å². The zero-order valence-corrected chi connectivity index (χ0v) is 14.1. The highest BCUT2D eigenvalue weighted by Gasteiger charge is 2.26. The predicted octanol–water partition coefficient (Wildman–Crippen LogP) is 3.49. The Morgan fingerprint density at radius 3 is 2.52 bits per heavy atom. The number of halogens is 1. The summed E-state index contributed by atoms with van der Waals surface area (Å²) in [5, 5.41) is 3.13. The van der Waals surface area contributed by atoms with Gasteiger partial charge >= 0.3 is 0 Å². The van der Waals surface area contributed by atoms with E-state index >= 15 is 0 Å². The van der Waals surface area contributed by atoms with Crippen LogP contribution in [0, 0.1) is 5.41 Å². The molecule has 2 aromatic rings. The van der Waals surface area contributed by atoms with Crippen molar-refractivity contribution in [3.8, 4) is 0 Å². The van der Waals surface area contributed by atoms with Crippen molar-refractivity contribution in [3.05, 3.63) is 53.0 Å². The molecule has 0 aliphatic carbocycles. The average Bonchev–Trinajstić information content (AvgIpc) is 2.90. The van der Waals surface area contributed by atoms with Gasteiger partial charge in [0.25, 0.3) is 5.91 Å². The number of hydrogen-bond donors (Lipinski definition) is 1. The first kappa shape index (κ1) is 15.8. The standard InChI is InChI=1S/C16H20BrN3O/c1-16(2,3)14(10-20-9-8-18-11-20)19-15(21)12-4-6-13(17)7-5-12/h4-9,11,14H,10H2,1-3H3,(H,19,21). The van der Waals surface area contributed by atoms with Crippen LogP contribution >= 0.6 is 15.9 Å². The number of nitrogens with zero attached hydrogens (tertiary/aromatic N) is 2. The molecular weight excluding hydrogens is 330 g/mol. The fraction of sp³-hybridized carbons (Fsp3) is 0.375. The van der Waals surface area contributed by atoms with Gasteiger partial charge in [0.05, 0.1) is 12.4 Å². The summed E-state index contributed by atoms with van der Waals surface area (Å²) in [4.78, 5) is 16.4. The number of aromatic nitrogens is 2. The van der Waals surface area contributed by atoms with Crippen molar-refractivity contribution in [3.63, 3.8) is 0 Å². The van der Waals surface area contributed by atoms with Gasteiger partial charge in [0.1, 0.15) is 0 Å². The molecule has 2 rings (SSSR count). The van der Waals surface area contributed by atoms with Gasteiger partial charge in [0.2, 0.25) is 0 Å². The molecule has 1 aromatic carbocycles. The van der Waals surface area contributed by atoms with Crippen LogP contribution in [0.25, 0.3) is 0 Å². The SMILES string of the molecule is CC(C)(C)C(Cn1ccnc1)NC(=O)c1ccc(Br)cc1. The number of nitrogens with one attached hydrogen (secondary N) is 1. The molecule has 0 saturated heterocycles. The highest BCUT2D eigenvalue weighted by molar-refractivity contribution is 9.10. The van der Waals surface area contributed by atoms with Crippen LogP contribution in [0.4, 0.5) is 0 Å². The summed E-state index contributed by atoms with van der Waals surface area (Å²) < 4.78 is 2.95. The number of carbonyl (C=O) groups excluding carboxylic acids is 1. The molecule has 0 aliphatic rings. The summed E-state index contributed by atoms with van der Waals surface area (Å²) in [5.41, 5.74) is 0.619. The fourth-order valence-corrected chi connectivity index (χ4v) is 2.25. The number of imidazole rings is 1. The zero-order chi connectivity index (χ0) is 15.5. The predicted molar refractivity (Wildman–Crippen MR) is 87.1 cm³/mol. The molecule has 1 N–H and O–H groups in total. The van der Waals surface area contributed by atoms with E-state index in [9.17, 15) is 4.79 Å². The molecule has 5 heteroatoms. The maximum absolute atomic E-state index is 12.4. The Kier molecular flexibility index (Phi) is 4.83. The van der Waals surface area contributed by atoms with Gasteiger partial charge in [0, 0.05) is 29.0 Å². The summed E-state index contributed by atoms with van der Waals surface area (Å²) in [5.74, 6) is -0.0532. The van der Waals surface area contributed by atoms with E-state index in [4.69, 9.17) is 0 Å². The first-order valence-electron chi connectivity index (χ1n) is 6.88. The maximum Gasteiger partial charge on any atom is 0.251 e. The Bertz CT molecular complexity index is 585. The highest BCUT2D eigenvalue weighted by Crippen LogP contribution is 2.21. The van der Waals surface area contributed by atoms with E-state index in [-0.39, 0.29) is 17.4 Å². The van der Waals surface area contributed by atoms with Gasteiger partial charge in [-0.3, -0.25) is 4.79 Å². The normalized spacial score (nSPS) is 13.0. The molecule has 0 fully saturated rings. The number of amides is 1. The van der Waals surface area contributed by atoms with E-state index in [2.05, 4.69) is 47.0 Å². The Morgan fingerprint density at radius 1 is 1.33 bits per heavy atom. The zero-order valence-electron chi connectivity index (χ0n) is 12.5. The molecule has 1 unspecified atom stereocenters. The minimum atomic E-state index is -0.0532. The van der Waals surface area contributed by atoms with Gasteiger partial charge in [-0.25, -0.2) is 4.98 Å². The molecule has 1 atom stereocenters. The fourth-order valence-electron chi connectivity index (χ4n) is 1.98. The second-order valence-corrected chi connectivity index (χ2v) is 7.07. The van der Waals surface area contributed by atoms with Crippen molar-refractivity contribution in [2.24, 2.45) is 5.41 Å². The number of benzene rings is 1. The second kappa shape index (κ2) is 6.43. The lowest BCUT2D eigenvalue weighted by Gasteiger charge is -2.31. The largest absolute Gasteiger partial charge is 0.347 e. The van der Waals surface area contributed by atoms with Crippen LogP contribution in [0.3, 0.4) is 0 Å². The van der Waals surface area contributed by atoms with Gasteiger partial charge < -0.3 is 9.88 Å². The minimum absolute atomic E-state index is 0.0165. The summed E-state index contributed by atoms with van der Waals surface area (Å²) in [6.45, 7) is 7.06. The number of hydrogen-bond acceptors (Lipinski definition) is 2. The average molecular weight is 350 g/mol. The Hall–Kier alpha value is -1.62. The van der Waals surface area contributed by atoms with Crippen LogP contribution in [0.5, 0.6) is 0 Å². The smallest absolute Gasteiger partial charge is 0.251 e. The molecule has 0 radical (unpaired) electrons. The van der Waals surface area contributed by atoms with Crippen molar-refractivity contribution in [2.75, 3.05) is 0 Å². The molecule has 1 heterocycles. The minimum Gasteiger partial charge on any atom is -0.347 e. The third-order valence-corrected chi connectivity index (χ3v) is 3.94. The molecule has 0 saturated carbocycles. The first-order chi connectivity index (χ1) is 9.86. The molecule has 1 amide bonds. The lowest BCUT2D eigenvalue weighted by atomic mass is 9.86. The number of carbonyl (C=O) groups is 1. The van der Waals surface area contributed by atoms with E-state index in [0.29, 0.717) is 12.1 Å². The topological polar surface area (TPSA) is 46.9 Å². The maximum atomic E-state index is 12.4. The van der Waals surface area contributed by atoms with Crippen LogP contribution in [-0.2, 0) is 6.54 Å². The van der Waals surface area contributed by atoms with Crippen LogP contribution in [0.2, 0.25) is 0 Å². The molecule has 0 bridgehead atoms. The van der Waals surface area contributed by atoms with E-state index in [0.717, 1.165) is 4.47 Å². The third kappa shape index (κ3) is 4.43. The van der Waals surface area contributed by atoms with Gasteiger partial charge in [-0.05, 0) is 29.7 Å². The molecular formula is C16H20BrN3O. The molecule has 0 spiro atoms. The van der Waals surface area contributed by atoms with Gasteiger partial charge in [-0.2, -0.15) is 0 Å². The molecule has 4 nitrogen and oxygen atoms in total. The van der Waals surface area contributed by atoms with Crippen LogP contribution in [-0.4, -0.2) is 21.5 Å². The summed E-state index contributed by atoms with van der Waals surface area (Å²) in [6, 6.07) is 7.39. The van der Waals surface area contributed by atoms with Crippen molar-refractivity contribution in [2.45, 2.75) is 33.4 Å². The van der Waals surface area contributed by atoms with Gasteiger partial charge in [-0.1, -0.05) is 36.7 Å². The Balaban J connectivity index is 2.11. The monoisotopic (exact) mass is 349 g/mol. The van der Waals surface area contributed by atoms with Gasteiger partial charge in [0.15, 0.2) is 0 Å². The summed E-state index contributed by atoms with van der Waals surface area (Å²) in [7, 11) is 0. The molecule has 1 aromatic heterocycles. The quantitative estimate of drug-likeness (QED) is 0.918. The Morgan fingerprint density at radius 2 is 2.00 bits per heavy atom. The van der Waals surface area contributed by atoms with Gasteiger partial charge in [-0.15, -0.1) is 0 Å². The van der Waals surface area contributed by atoms with E-state index in [1.165, 1.54) is 0 Å². The van der Waals surface area contributed by atoms with Crippen LogP contribution in [0.1, 0.15) is 31.1 Å². The molecule has 21 heavy (non-hydrogen) atoms. The van der Waals surface area contributed by atoms with E-state index in [1.807, 2.05) is 35.0 Å². The van der Waals surface area contributed by atoms with E-state index < -0.39 is 0 Å². The van der Waals surface area contributed by atoms with Crippen molar-refractivity contribution < 1.29 is 4.79 Å². The van der Waals surface area contributed by atoms with E-state index in [1.54, 1.807) is 12.5 Å².